The number of aliphatic hydroxyl groups is 2. The molecule has 0 saturated heterocycles. The number of pyridine rings is 1. The molecule has 142 valence electrons. The Morgan fingerprint density at radius 2 is 1.88 bits per heavy atom. The number of hydrogen-bond donors (Lipinski definition) is 3. The fourth-order valence-corrected chi connectivity index (χ4v) is 2.45. The maximum absolute atomic E-state index is 14.9. The molecule has 0 saturated carbocycles. The Bertz CT molecular complexity index is 782. The second-order valence-corrected chi connectivity index (χ2v) is 6.55. The van der Waals surface area contributed by atoms with Crippen LogP contribution in [0.25, 0.3) is 5.57 Å². The Morgan fingerprint density at radius 3 is 2.42 bits per heavy atom. The molecule has 26 heavy (non-hydrogen) atoms. The van der Waals surface area contributed by atoms with E-state index in [2.05, 4.69) is 4.98 Å². The summed E-state index contributed by atoms with van der Waals surface area (Å²) < 4.78 is 55.1. The van der Waals surface area contributed by atoms with Crippen LogP contribution >= 0.6 is 0 Å². The highest BCUT2D eigenvalue weighted by Gasteiger charge is 2.42. The molecule has 0 aromatic carbocycles. The minimum Gasteiger partial charge on any atom is -0.386 e. The quantitative estimate of drug-likeness (QED) is 0.694. The van der Waals surface area contributed by atoms with E-state index in [1.54, 1.807) is 0 Å². The van der Waals surface area contributed by atoms with Gasteiger partial charge < -0.3 is 15.9 Å². The van der Waals surface area contributed by atoms with Gasteiger partial charge >= 0.3 is 0 Å². The van der Waals surface area contributed by atoms with Crippen molar-refractivity contribution >= 4 is 5.57 Å². The van der Waals surface area contributed by atoms with Crippen molar-refractivity contribution in [3.63, 3.8) is 0 Å². The number of aromatic nitrogens is 1. The van der Waals surface area contributed by atoms with Crippen LogP contribution in [0, 0.1) is 5.82 Å². The normalized spacial score (nSPS) is 17.6. The van der Waals surface area contributed by atoms with Crippen LogP contribution in [0.3, 0.4) is 0 Å². The molecule has 1 aliphatic rings. The molecule has 0 bridgehead atoms. The molecule has 0 radical (unpaired) electrons. The molecular formula is C18H20F4N2O2. The fourth-order valence-electron chi connectivity index (χ4n) is 2.45. The van der Waals surface area contributed by atoms with Gasteiger partial charge in [0.15, 0.2) is 11.4 Å². The first-order chi connectivity index (χ1) is 12.0. The average molecular weight is 372 g/mol. The third kappa shape index (κ3) is 3.87. The van der Waals surface area contributed by atoms with E-state index in [-0.39, 0.29) is 17.6 Å². The van der Waals surface area contributed by atoms with Gasteiger partial charge in [-0.05, 0) is 26.0 Å². The van der Waals surface area contributed by atoms with Gasteiger partial charge in [-0.1, -0.05) is 18.2 Å². The predicted octanol–water partition coefficient (Wildman–Crippen LogP) is 3.06. The molecule has 0 spiro atoms. The van der Waals surface area contributed by atoms with Gasteiger partial charge in [0.1, 0.15) is 11.5 Å². The first kappa shape index (κ1) is 20.3. The van der Waals surface area contributed by atoms with E-state index in [0.717, 1.165) is 12.1 Å². The second kappa shape index (κ2) is 7.30. The Kier molecular flexibility index (Phi) is 5.70. The van der Waals surface area contributed by atoms with Gasteiger partial charge in [0.2, 0.25) is 0 Å². The minimum absolute atomic E-state index is 0.0105. The Morgan fingerprint density at radius 1 is 1.23 bits per heavy atom. The summed E-state index contributed by atoms with van der Waals surface area (Å²) in [7, 11) is 0. The van der Waals surface area contributed by atoms with Crippen molar-refractivity contribution in [3.05, 3.63) is 59.0 Å². The van der Waals surface area contributed by atoms with E-state index in [1.165, 1.54) is 32.1 Å². The molecule has 2 rings (SSSR count). The van der Waals surface area contributed by atoms with Crippen LogP contribution in [-0.2, 0) is 11.2 Å². The van der Waals surface area contributed by atoms with Gasteiger partial charge in [-0.3, -0.25) is 0 Å². The Hall–Kier alpha value is -2.03. The second-order valence-electron chi connectivity index (χ2n) is 6.55. The number of halogens is 4. The summed E-state index contributed by atoms with van der Waals surface area (Å²) in [5, 5.41) is 20.4. The van der Waals surface area contributed by atoms with Crippen LogP contribution in [0.5, 0.6) is 0 Å². The van der Waals surface area contributed by atoms with Crippen molar-refractivity contribution in [2.75, 3.05) is 6.54 Å². The number of rotatable bonds is 5. The highest BCUT2D eigenvalue weighted by molar-refractivity contribution is 5.74. The average Bonchev–Trinajstić information content (AvgIpc) is 2.77. The van der Waals surface area contributed by atoms with E-state index in [0.29, 0.717) is 0 Å². The number of nitrogens with two attached hydrogens (primary N) is 1. The lowest BCUT2D eigenvalue weighted by Gasteiger charge is -2.28. The molecule has 0 amide bonds. The van der Waals surface area contributed by atoms with Gasteiger partial charge in [0.05, 0.1) is 11.3 Å². The largest absolute Gasteiger partial charge is 0.386 e. The molecule has 4 N–H and O–H groups in total. The molecule has 4 nitrogen and oxygen atoms in total. The first-order valence-electron chi connectivity index (χ1n) is 7.88. The third-order valence-corrected chi connectivity index (χ3v) is 4.06. The van der Waals surface area contributed by atoms with Crippen molar-refractivity contribution in [1.82, 2.24) is 4.98 Å². The predicted molar refractivity (Wildman–Crippen MR) is 89.3 cm³/mol. The first-order valence-corrected chi connectivity index (χ1v) is 7.88. The molecule has 1 aromatic heterocycles. The van der Waals surface area contributed by atoms with Crippen molar-refractivity contribution in [3.8, 4) is 0 Å². The van der Waals surface area contributed by atoms with E-state index in [1.807, 2.05) is 0 Å². The van der Waals surface area contributed by atoms with Crippen LogP contribution in [0.15, 0.2) is 36.2 Å². The van der Waals surface area contributed by atoms with E-state index < -0.39 is 47.2 Å². The highest BCUT2D eigenvalue weighted by atomic mass is 19.3. The van der Waals surface area contributed by atoms with E-state index in [4.69, 9.17) is 5.73 Å². The van der Waals surface area contributed by atoms with Crippen LogP contribution in [0.1, 0.15) is 37.2 Å². The van der Waals surface area contributed by atoms with Gasteiger partial charge in [0.25, 0.3) is 6.43 Å². The molecule has 1 heterocycles. The van der Waals surface area contributed by atoms with Crippen molar-refractivity contribution < 1.29 is 27.8 Å². The van der Waals surface area contributed by atoms with E-state index in [9.17, 15) is 27.8 Å². The highest BCUT2D eigenvalue weighted by Crippen LogP contribution is 2.34. The Labute approximate surface area is 148 Å². The van der Waals surface area contributed by atoms with Crippen molar-refractivity contribution in [2.24, 2.45) is 5.73 Å². The zero-order chi connectivity index (χ0) is 19.7. The lowest BCUT2D eigenvalue weighted by molar-refractivity contribution is -0.0978. The van der Waals surface area contributed by atoms with Gasteiger partial charge in [0, 0.05) is 24.1 Å². The van der Waals surface area contributed by atoms with Crippen molar-refractivity contribution in [1.29, 1.82) is 0 Å². The lowest BCUT2D eigenvalue weighted by Crippen LogP contribution is -2.43. The summed E-state index contributed by atoms with van der Waals surface area (Å²) in [6.45, 7) is 1.66. The van der Waals surface area contributed by atoms with Crippen LogP contribution in [0.2, 0.25) is 0 Å². The van der Waals surface area contributed by atoms with Gasteiger partial charge in [-0.15, -0.1) is 0 Å². The molecule has 0 fully saturated rings. The third-order valence-electron chi connectivity index (χ3n) is 4.06. The summed E-state index contributed by atoms with van der Waals surface area (Å²) in [5.41, 5.74) is -0.475. The lowest BCUT2D eigenvalue weighted by atomic mass is 9.90. The summed E-state index contributed by atoms with van der Waals surface area (Å²) in [5.74, 6) is -1.43. The molecule has 1 aliphatic carbocycles. The van der Waals surface area contributed by atoms with Crippen LogP contribution in [0.4, 0.5) is 17.6 Å². The summed E-state index contributed by atoms with van der Waals surface area (Å²) in [6.07, 6.45) is 1.86. The Balaban J connectivity index is 2.78. The minimum atomic E-state index is -3.29. The SMILES string of the molecule is CC(C)(O)c1cc(C(O)(CN)C(F)F)nc(C2=CC=C(F)CC=C2)c1F. The zero-order valence-corrected chi connectivity index (χ0v) is 14.3. The summed E-state index contributed by atoms with van der Waals surface area (Å²) in [4.78, 5) is 3.83. The topological polar surface area (TPSA) is 79.4 Å². The van der Waals surface area contributed by atoms with Gasteiger partial charge in [-0.25, -0.2) is 22.5 Å². The summed E-state index contributed by atoms with van der Waals surface area (Å²) >= 11 is 0. The zero-order valence-electron chi connectivity index (χ0n) is 14.3. The molecular weight excluding hydrogens is 352 g/mol. The van der Waals surface area contributed by atoms with Crippen LogP contribution in [-0.4, -0.2) is 28.2 Å². The monoisotopic (exact) mass is 372 g/mol. The molecule has 1 atom stereocenters. The number of hydrogen-bond acceptors (Lipinski definition) is 4. The van der Waals surface area contributed by atoms with Crippen molar-refractivity contribution in [2.45, 2.75) is 37.9 Å². The molecule has 1 aromatic rings. The fraction of sp³-hybridized carbons (Fsp3) is 0.389. The van der Waals surface area contributed by atoms with Crippen LogP contribution < -0.4 is 5.73 Å². The smallest absolute Gasteiger partial charge is 0.273 e. The standard InChI is InChI=1S/C18H20F4N2O2/c1-17(2,25)12-8-13(18(26,9-23)16(21)22)24-15(14(12)20)10-4-3-5-11(19)7-6-10/h3-4,6-8,16,25-26H,5,9,23H2,1-2H3. The molecule has 0 aliphatic heterocycles. The number of alkyl halides is 2. The number of allylic oxidation sites excluding steroid dienone is 6. The summed E-state index contributed by atoms with van der Waals surface area (Å²) in [6, 6.07) is 0.870. The maximum atomic E-state index is 14.9. The molecule has 1 unspecified atom stereocenters. The molecule has 8 heteroatoms. The maximum Gasteiger partial charge on any atom is 0.273 e. The van der Waals surface area contributed by atoms with Gasteiger partial charge in [-0.2, -0.15) is 0 Å². The van der Waals surface area contributed by atoms with E-state index >= 15 is 0 Å². The number of nitrogens with zero attached hydrogens (tertiary/aromatic N) is 1.